The average Bonchev–Trinajstić information content (AvgIpc) is 3.77. The number of anilines is 2. The van der Waals surface area contributed by atoms with Crippen LogP contribution in [-0.2, 0) is 31.3 Å². The van der Waals surface area contributed by atoms with Crippen molar-refractivity contribution in [2.24, 2.45) is 5.92 Å². The predicted octanol–water partition coefficient (Wildman–Crippen LogP) is 5.63. The van der Waals surface area contributed by atoms with Gasteiger partial charge in [-0.15, -0.1) is 0 Å². The lowest BCUT2D eigenvalue weighted by Gasteiger charge is -2.32. The minimum atomic E-state index is -3.04. The summed E-state index contributed by atoms with van der Waals surface area (Å²) in [5.41, 5.74) is 3.37. The number of nitrogens with one attached hydrogen (secondary N) is 2. The van der Waals surface area contributed by atoms with Crippen LogP contribution < -0.4 is 15.5 Å². The molecule has 2 saturated heterocycles. The zero-order valence-corrected chi connectivity index (χ0v) is 32.1. The summed E-state index contributed by atoms with van der Waals surface area (Å²) in [6.07, 6.45) is 7.00. The molecule has 1 spiro atoms. The maximum absolute atomic E-state index is 14.9. The van der Waals surface area contributed by atoms with Gasteiger partial charge in [-0.1, -0.05) is 60.6 Å². The van der Waals surface area contributed by atoms with E-state index >= 15 is 0 Å². The number of hydrogen-bond donors (Lipinski definition) is 4. The molecule has 5 rings (SSSR count). The molecule has 0 radical (unpaired) electrons. The Morgan fingerprint density at radius 1 is 1.14 bits per heavy atom. The Bertz CT molecular complexity index is 1630. The largest absolute Gasteiger partial charge is 0.432 e. The third kappa shape index (κ3) is 8.55. The Morgan fingerprint density at radius 3 is 2.53 bits per heavy atom. The quantitative estimate of drug-likeness (QED) is 0.147. The lowest BCUT2D eigenvalue weighted by Crippen LogP contribution is -2.46. The smallest absolute Gasteiger partial charge is 0.264 e. The van der Waals surface area contributed by atoms with Gasteiger partial charge in [-0.05, 0) is 89.9 Å². The first kappa shape index (κ1) is 38.6. The Hall–Kier alpha value is -3.61. The van der Waals surface area contributed by atoms with Crippen LogP contribution in [0.5, 0.6) is 0 Å². The molecular weight excluding hydrogens is 661 g/mol. The fourth-order valence-electron chi connectivity index (χ4n) is 8.13. The fraction of sp³-hybridized carbons (Fsp3) is 0.525. The molecule has 0 aliphatic carbocycles. The van der Waals surface area contributed by atoms with Gasteiger partial charge in [-0.2, -0.15) is 0 Å². The van der Waals surface area contributed by atoms with E-state index in [1.807, 2.05) is 68.5 Å². The molecule has 3 aliphatic rings. The van der Waals surface area contributed by atoms with Crippen LogP contribution in [0.2, 0.25) is 18.6 Å². The molecule has 0 bridgehead atoms. The number of aliphatic hydroxyl groups excluding tert-OH is 1. The number of carbonyl (C=O) groups excluding carboxylic acids is 3. The van der Waals surface area contributed by atoms with Gasteiger partial charge in [0.05, 0.1) is 30.9 Å². The number of aliphatic hydroxyl groups is 1. The summed E-state index contributed by atoms with van der Waals surface area (Å²) in [6.45, 7) is 13.3. The van der Waals surface area contributed by atoms with Gasteiger partial charge in [0, 0.05) is 42.3 Å². The van der Waals surface area contributed by atoms with Gasteiger partial charge in [0.25, 0.3) is 5.91 Å². The highest BCUT2D eigenvalue weighted by molar-refractivity contribution is 6.71. The van der Waals surface area contributed by atoms with Crippen LogP contribution in [0.3, 0.4) is 0 Å². The van der Waals surface area contributed by atoms with Crippen LogP contribution in [0.4, 0.5) is 11.4 Å². The lowest BCUT2D eigenvalue weighted by molar-refractivity contribution is -0.149. The van der Waals surface area contributed by atoms with Crippen molar-refractivity contribution in [3.05, 3.63) is 83.0 Å². The van der Waals surface area contributed by atoms with Gasteiger partial charge in [-0.25, -0.2) is 0 Å². The molecule has 2 fully saturated rings. The van der Waals surface area contributed by atoms with Crippen LogP contribution in [-0.4, -0.2) is 79.2 Å². The van der Waals surface area contributed by atoms with E-state index < -0.39 is 31.5 Å². The standard InChI is InChI=1S/C40H56N4O6Si/c1-27(2)12-10-13-28(3)19-21-44-34-18-17-31(42-38(47)33-16-11-20-41-33)24-32(34)40(39(44)48)29(4)37(51(5,6)49)35(50-40)25-36(46)43(22-23-45)26-30-14-8-7-9-15-30/h7-9,12,14-15,17-19,24,29,33,35,37,41,45,49H,10-11,13,16,20-23,25-26H2,1-6H3,(H,42,47)/b28-19+/t29-,33-,35+,37-,40+/m1/s1. The van der Waals surface area contributed by atoms with Crippen molar-refractivity contribution in [2.45, 2.75) is 103 Å². The Labute approximate surface area is 304 Å². The molecule has 2 aromatic carbocycles. The van der Waals surface area contributed by atoms with Crippen LogP contribution in [0.1, 0.15) is 70.9 Å². The van der Waals surface area contributed by atoms with E-state index in [-0.39, 0.29) is 43.3 Å². The van der Waals surface area contributed by atoms with Crippen LogP contribution >= 0.6 is 0 Å². The number of amides is 3. The number of rotatable bonds is 14. The molecule has 11 heteroatoms. The van der Waals surface area contributed by atoms with Crippen LogP contribution in [0.15, 0.2) is 71.8 Å². The average molecular weight is 717 g/mol. The molecule has 10 nitrogen and oxygen atoms in total. The minimum absolute atomic E-state index is 0.0453. The normalized spacial score (nSPS) is 24.6. The Kier molecular flexibility index (Phi) is 12.4. The van der Waals surface area contributed by atoms with Gasteiger partial charge in [0.2, 0.25) is 11.8 Å². The van der Waals surface area contributed by atoms with Crippen molar-refractivity contribution in [1.82, 2.24) is 10.2 Å². The number of fused-ring (bicyclic) bond motifs is 2. The summed E-state index contributed by atoms with van der Waals surface area (Å²) in [5.74, 6) is -1.03. The molecule has 2 aromatic rings. The summed E-state index contributed by atoms with van der Waals surface area (Å²) in [6, 6.07) is 14.9. The highest BCUT2D eigenvalue weighted by atomic mass is 28.4. The third-order valence-corrected chi connectivity index (χ3v) is 13.2. The Morgan fingerprint density at radius 2 is 1.88 bits per heavy atom. The van der Waals surface area contributed by atoms with Crippen molar-refractivity contribution in [2.75, 3.05) is 36.5 Å². The van der Waals surface area contributed by atoms with Gasteiger partial charge in [0.15, 0.2) is 13.9 Å². The van der Waals surface area contributed by atoms with Crippen molar-refractivity contribution in [3.8, 4) is 0 Å². The van der Waals surface area contributed by atoms with Gasteiger partial charge in [0.1, 0.15) is 0 Å². The minimum Gasteiger partial charge on any atom is -0.432 e. The van der Waals surface area contributed by atoms with Gasteiger partial charge in [-0.3, -0.25) is 14.4 Å². The van der Waals surface area contributed by atoms with Crippen LogP contribution in [0, 0.1) is 5.92 Å². The second-order valence-electron chi connectivity index (χ2n) is 15.2. The Balaban J connectivity index is 1.50. The summed E-state index contributed by atoms with van der Waals surface area (Å²) >= 11 is 0. The second kappa shape index (κ2) is 16.4. The molecular formula is C40H56N4O6Si. The molecule has 0 unspecified atom stereocenters. The van der Waals surface area contributed by atoms with Crippen molar-refractivity contribution < 1.29 is 29.0 Å². The third-order valence-electron chi connectivity index (χ3n) is 10.7. The highest BCUT2D eigenvalue weighted by Crippen LogP contribution is 2.60. The summed E-state index contributed by atoms with van der Waals surface area (Å²) < 4.78 is 6.96. The molecule has 5 atom stereocenters. The first-order chi connectivity index (χ1) is 24.3. The van der Waals surface area contributed by atoms with Crippen molar-refractivity contribution in [3.63, 3.8) is 0 Å². The number of allylic oxidation sites excluding steroid dienone is 3. The first-order valence-electron chi connectivity index (χ1n) is 18.4. The van der Waals surface area contributed by atoms with Crippen molar-refractivity contribution in [1.29, 1.82) is 0 Å². The first-order valence-corrected chi connectivity index (χ1v) is 21.4. The fourth-order valence-corrected chi connectivity index (χ4v) is 10.7. The molecule has 4 N–H and O–H groups in total. The number of carbonyl (C=O) groups is 3. The maximum Gasteiger partial charge on any atom is 0.264 e. The number of nitrogens with zero attached hydrogens (tertiary/aromatic N) is 2. The zero-order chi connectivity index (χ0) is 36.9. The van der Waals surface area contributed by atoms with E-state index in [1.165, 1.54) is 11.1 Å². The van der Waals surface area contributed by atoms with E-state index in [4.69, 9.17) is 4.74 Å². The van der Waals surface area contributed by atoms with Gasteiger partial charge >= 0.3 is 0 Å². The van der Waals surface area contributed by atoms with Crippen LogP contribution in [0.25, 0.3) is 0 Å². The van der Waals surface area contributed by atoms with E-state index in [1.54, 1.807) is 9.80 Å². The second-order valence-corrected chi connectivity index (χ2v) is 19.2. The summed E-state index contributed by atoms with van der Waals surface area (Å²) in [4.78, 5) is 57.2. The number of ether oxygens (including phenoxy) is 1. The lowest BCUT2D eigenvalue weighted by atomic mass is 9.82. The van der Waals surface area contributed by atoms with Crippen molar-refractivity contribution >= 4 is 37.4 Å². The van der Waals surface area contributed by atoms with E-state index in [0.29, 0.717) is 30.0 Å². The van der Waals surface area contributed by atoms with E-state index in [9.17, 15) is 24.3 Å². The molecule has 3 aliphatic heterocycles. The number of hydrogen-bond acceptors (Lipinski definition) is 7. The van der Waals surface area contributed by atoms with Gasteiger partial charge < -0.3 is 35.1 Å². The number of benzene rings is 2. The predicted molar refractivity (Wildman–Crippen MR) is 204 cm³/mol. The molecule has 0 aromatic heterocycles. The molecule has 276 valence electrons. The topological polar surface area (TPSA) is 131 Å². The molecule has 51 heavy (non-hydrogen) atoms. The SMILES string of the molecule is CC(C)=CCC/C(C)=C/CN1C(=O)[C@@]2(O[C@@H](CC(=O)N(CCO)Cc3ccccc3)[C@H]([Si](C)(C)O)[C@H]2C)c2cc(NC(=O)[C@H]3CCCN3)ccc21. The molecule has 3 amide bonds. The molecule has 3 heterocycles. The monoisotopic (exact) mass is 716 g/mol. The summed E-state index contributed by atoms with van der Waals surface area (Å²) in [5, 5.41) is 16.2. The maximum atomic E-state index is 14.9. The summed E-state index contributed by atoms with van der Waals surface area (Å²) in [7, 11) is -3.04. The highest BCUT2D eigenvalue weighted by Gasteiger charge is 2.66. The van der Waals surface area contributed by atoms with E-state index in [0.717, 1.165) is 37.8 Å². The zero-order valence-electron chi connectivity index (χ0n) is 31.1. The molecule has 0 saturated carbocycles. The van der Waals surface area contributed by atoms with E-state index in [2.05, 4.69) is 43.6 Å².